The molecule has 422 valence electrons. The molecular formula is C66H70N10O2Pt2-6. The van der Waals surface area contributed by atoms with Crippen molar-refractivity contribution in [3.63, 3.8) is 0 Å². The van der Waals surface area contributed by atoms with Crippen LogP contribution >= 0.6 is 0 Å². The zero-order chi connectivity index (χ0) is 55.4. The molecule has 80 heavy (non-hydrogen) atoms. The van der Waals surface area contributed by atoms with E-state index in [2.05, 4.69) is 156 Å². The van der Waals surface area contributed by atoms with Crippen molar-refractivity contribution in [2.45, 2.75) is 80.1 Å². The van der Waals surface area contributed by atoms with Crippen molar-refractivity contribution in [3.05, 3.63) is 227 Å². The Balaban J connectivity index is 0.000000243. The van der Waals surface area contributed by atoms with Crippen molar-refractivity contribution in [2.24, 2.45) is 9.98 Å². The van der Waals surface area contributed by atoms with E-state index in [-0.39, 0.29) is 53.0 Å². The molecule has 0 atom stereocenters. The third-order valence-corrected chi connectivity index (χ3v) is 12.9. The molecule has 8 aromatic rings. The van der Waals surface area contributed by atoms with Gasteiger partial charge in [-0.2, -0.15) is 74.0 Å². The number of anilines is 6. The number of aliphatic imine (C=N–C) groups is 2. The van der Waals surface area contributed by atoms with Gasteiger partial charge < -0.3 is 49.7 Å². The van der Waals surface area contributed by atoms with Gasteiger partial charge in [-0.05, 0) is 122 Å². The summed E-state index contributed by atoms with van der Waals surface area (Å²) < 4.78 is 12.5. The fraction of sp³-hybridized carbons (Fsp3) is 0.242. The summed E-state index contributed by atoms with van der Waals surface area (Å²) >= 11 is 0. The molecule has 14 heteroatoms. The molecule has 0 N–H and O–H groups in total. The van der Waals surface area contributed by atoms with Crippen LogP contribution in [0.2, 0.25) is 0 Å². The van der Waals surface area contributed by atoms with Crippen LogP contribution in [0, 0.1) is 53.2 Å². The maximum absolute atomic E-state index is 6.24. The van der Waals surface area contributed by atoms with E-state index in [4.69, 9.17) is 9.47 Å². The number of benzene rings is 6. The molecule has 0 saturated heterocycles. The number of hydrogen-bond donors (Lipinski definition) is 0. The topological polar surface area (TPSA) is 110 Å². The summed E-state index contributed by atoms with van der Waals surface area (Å²) in [7, 11) is 4.03. The van der Waals surface area contributed by atoms with Gasteiger partial charge in [0.05, 0.1) is 0 Å². The first-order chi connectivity index (χ1) is 37.4. The summed E-state index contributed by atoms with van der Waals surface area (Å²) in [5.41, 5.74) is 14.4. The molecule has 2 aliphatic heterocycles. The Hall–Kier alpha value is -7.26. The fourth-order valence-corrected chi connectivity index (χ4v) is 8.81. The summed E-state index contributed by atoms with van der Waals surface area (Å²) in [6.07, 6.45) is 6.80. The summed E-state index contributed by atoms with van der Waals surface area (Å²) in [5, 5.41) is 9.11. The molecule has 10 rings (SSSR count). The number of aryl methyl sites for hydroxylation is 4. The van der Waals surface area contributed by atoms with Crippen molar-refractivity contribution in [3.8, 4) is 11.5 Å². The molecule has 0 fully saturated rings. The van der Waals surface area contributed by atoms with E-state index >= 15 is 0 Å². The van der Waals surface area contributed by atoms with Crippen LogP contribution in [0.15, 0.2) is 168 Å². The van der Waals surface area contributed by atoms with E-state index in [1.165, 1.54) is 11.1 Å². The van der Waals surface area contributed by atoms with Gasteiger partial charge in [-0.15, -0.1) is 11.4 Å². The third kappa shape index (κ3) is 16.2. The summed E-state index contributed by atoms with van der Waals surface area (Å²) in [4.78, 5) is 26.3. The second-order valence-corrected chi connectivity index (χ2v) is 21.3. The van der Waals surface area contributed by atoms with Crippen LogP contribution in [0.1, 0.15) is 74.9 Å². The van der Waals surface area contributed by atoms with E-state index < -0.39 is 0 Å². The molecule has 0 amide bonds. The zero-order valence-electron chi connectivity index (χ0n) is 47.7. The van der Waals surface area contributed by atoms with Crippen molar-refractivity contribution in [2.75, 3.05) is 46.9 Å². The number of hydrogen-bond acceptors (Lipinski definition) is 10. The Morgan fingerprint density at radius 1 is 0.550 bits per heavy atom. The maximum atomic E-state index is 6.24. The minimum atomic E-state index is 0. The first-order valence-corrected chi connectivity index (χ1v) is 26.2. The molecule has 2 aromatic heterocycles. The number of rotatable bonds is 13. The number of ether oxygens (including phenoxy) is 2. The standard InChI is InChI=1S/C40H48N4O2.2C13H11N3.2Pt/c1-27-22-30(4)38(35(23-27)43-25-41-33-15-11-31(12-16-33)39(5,6)7)46-20-19-45-36-24-28(2)21-29(3)37(36)44-26-42-34-17-13-32(14-18-34)40(8,9)10;2*1-15-10-16(11-6-3-2-4-7-11)13-12(15)8-5-9-14-13;;/h11-18,21-26H,19-20H2,1-10H3;2*2-6,8-10H,1H3;;/q3*-2;;. The predicted octanol–water partition coefficient (Wildman–Crippen LogP) is 16.9. The first-order valence-electron chi connectivity index (χ1n) is 26.2. The van der Waals surface area contributed by atoms with Crippen LogP contribution in [0.25, 0.3) is 10.6 Å². The van der Waals surface area contributed by atoms with Gasteiger partial charge in [0.1, 0.15) is 36.3 Å². The van der Waals surface area contributed by atoms with Crippen LogP contribution in [-0.4, -0.2) is 50.0 Å². The second-order valence-electron chi connectivity index (χ2n) is 21.3. The quantitative estimate of drug-likeness (QED) is 0.0486. The molecule has 0 spiro atoms. The van der Waals surface area contributed by atoms with E-state index in [0.717, 1.165) is 85.1 Å². The van der Waals surface area contributed by atoms with Crippen LogP contribution < -0.4 is 29.1 Å². The van der Waals surface area contributed by atoms with Crippen molar-refractivity contribution < 1.29 is 51.6 Å². The molecule has 0 unspecified atom stereocenters. The second kappa shape index (κ2) is 28.2. The first kappa shape index (κ1) is 61.9. The number of para-hydroxylation sites is 2. The fourth-order valence-electron chi connectivity index (χ4n) is 8.81. The van der Waals surface area contributed by atoms with Crippen molar-refractivity contribution in [1.82, 2.24) is 9.97 Å². The van der Waals surface area contributed by atoms with Gasteiger partial charge in [-0.1, -0.05) is 127 Å². The number of fused-ring (bicyclic) bond motifs is 2. The van der Waals surface area contributed by atoms with Crippen molar-refractivity contribution in [1.29, 1.82) is 0 Å². The van der Waals surface area contributed by atoms with Gasteiger partial charge in [-0.25, -0.2) is 9.97 Å². The molecule has 4 heterocycles. The number of aromatic nitrogens is 2. The van der Waals surface area contributed by atoms with E-state index in [9.17, 15) is 0 Å². The van der Waals surface area contributed by atoms with Crippen molar-refractivity contribution >= 4 is 69.8 Å². The number of pyridine rings is 2. The normalized spacial score (nSPS) is 12.6. The predicted molar refractivity (Wildman–Crippen MR) is 324 cm³/mol. The van der Waals surface area contributed by atoms with Gasteiger partial charge in [0.2, 0.25) is 0 Å². The van der Waals surface area contributed by atoms with E-state index in [0.29, 0.717) is 19.0 Å². The monoisotopic (exact) mass is 1420 g/mol. The molecule has 2 aliphatic rings. The summed E-state index contributed by atoms with van der Waals surface area (Å²) in [6.45, 7) is 26.1. The van der Waals surface area contributed by atoms with Gasteiger partial charge in [0.25, 0.3) is 0 Å². The smallest absolute Gasteiger partial charge is 0.125 e. The van der Waals surface area contributed by atoms with E-state index in [1.807, 2.05) is 161 Å². The Bertz CT molecular complexity index is 3210. The average Bonchev–Trinajstić information content (AvgIpc) is 4.05. The van der Waals surface area contributed by atoms with Gasteiger partial charge >= 0.3 is 0 Å². The van der Waals surface area contributed by atoms with E-state index in [1.54, 1.807) is 12.7 Å². The molecule has 0 radical (unpaired) electrons. The molecular weight excluding hydrogens is 1350 g/mol. The Labute approximate surface area is 504 Å². The number of nitrogens with zero attached hydrogens (tertiary/aromatic N) is 10. The largest absolute Gasteiger partial charge is 0.502 e. The molecule has 0 bridgehead atoms. The van der Waals surface area contributed by atoms with Crippen LogP contribution in [0.5, 0.6) is 11.5 Å². The summed E-state index contributed by atoms with van der Waals surface area (Å²) in [6, 6.07) is 54.9. The third-order valence-electron chi connectivity index (χ3n) is 12.9. The molecule has 12 nitrogen and oxygen atoms in total. The maximum Gasteiger partial charge on any atom is 0.125 e. The molecule has 6 aromatic carbocycles. The van der Waals surface area contributed by atoms with Gasteiger partial charge in [0.15, 0.2) is 0 Å². The van der Waals surface area contributed by atoms with Crippen LogP contribution in [-0.2, 0) is 53.0 Å². The van der Waals surface area contributed by atoms with Gasteiger partial charge in [0, 0.05) is 77.3 Å². The Kier molecular flexibility index (Phi) is 21.9. The molecule has 0 saturated carbocycles. The average molecular weight is 1430 g/mol. The zero-order valence-corrected chi connectivity index (χ0v) is 52.2. The Morgan fingerprint density at radius 3 is 1.49 bits per heavy atom. The SMILES string of the molecule is CN1[CH-]N(c2[c-]cccc2)c2ncccc21.CN1[CH-]N(c2[c-]cccc2)c2ncccc21.Cc1cc(C)c(OCCOc2cc(C)cc(C)c2N=C[N-]c2ccc(C(C)(C)C)cc2)c(N=C[N-]c2ccc(C(C)(C)C)cc2)c1.[Pt].[Pt]. The minimum absolute atomic E-state index is 0. The van der Waals surface area contributed by atoms with Crippen LogP contribution in [0.4, 0.5) is 57.1 Å². The Morgan fingerprint density at radius 2 is 1.01 bits per heavy atom. The summed E-state index contributed by atoms with van der Waals surface area (Å²) in [5.74, 6) is 3.32. The van der Waals surface area contributed by atoms with Gasteiger partial charge in [-0.3, -0.25) is 0 Å². The van der Waals surface area contributed by atoms with Crippen LogP contribution in [0.3, 0.4) is 0 Å². The minimum Gasteiger partial charge on any atom is -0.502 e. The molecule has 0 aliphatic carbocycles.